The Morgan fingerprint density at radius 2 is 2.10 bits per heavy atom. The lowest BCUT2D eigenvalue weighted by Crippen LogP contribution is -2.38. The Morgan fingerprint density at radius 1 is 1.35 bits per heavy atom. The summed E-state index contributed by atoms with van der Waals surface area (Å²) in [5.74, 6) is 0. The molecule has 1 aromatic rings. The van der Waals surface area contributed by atoms with Crippen molar-refractivity contribution < 1.29 is 4.79 Å². The van der Waals surface area contributed by atoms with Gasteiger partial charge in [-0.3, -0.25) is 4.79 Å². The van der Waals surface area contributed by atoms with E-state index < -0.39 is 0 Å². The average Bonchev–Trinajstić information content (AvgIpc) is 2.41. The van der Waals surface area contributed by atoms with E-state index in [4.69, 9.17) is 0 Å². The van der Waals surface area contributed by atoms with Crippen molar-refractivity contribution in [3.63, 3.8) is 0 Å². The second-order valence-electron chi connectivity index (χ2n) is 5.45. The van der Waals surface area contributed by atoms with Gasteiger partial charge in [0.25, 0.3) is 0 Å². The molecule has 1 aromatic carbocycles. The van der Waals surface area contributed by atoms with E-state index in [-0.39, 0.29) is 17.5 Å². The predicted molar refractivity (Wildman–Crippen MR) is 90.2 cm³/mol. The van der Waals surface area contributed by atoms with Crippen LogP contribution in [0.25, 0.3) is 0 Å². The molecule has 1 unspecified atom stereocenters. The van der Waals surface area contributed by atoms with Crippen LogP contribution in [0.5, 0.6) is 0 Å². The topological polar surface area (TPSA) is 20.3 Å². The molecule has 1 saturated heterocycles. The zero-order valence-electron chi connectivity index (χ0n) is 12.0. The fourth-order valence-electron chi connectivity index (χ4n) is 2.91. The van der Waals surface area contributed by atoms with Crippen molar-refractivity contribution in [3.8, 4) is 0 Å². The standard InChI is InChI=1S/C16H23NOS.ClH/c1-13-7-4-5-11-17(13)12-6-9-14-8-2-3-10-15(14)16(18)19;/h2-3,8,10,13H,4-7,9,11-12H2,1H3,(H,18,19);1H. The summed E-state index contributed by atoms with van der Waals surface area (Å²) in [6, 6.07) is 8.53. The Morgan fingerprint density at radius 3 is 2.80 bits per heavy atom. The van der Waals surface area contributed by atoms with Crippen molar-refractivity contribution in [2.24, 2.45) is 0 Å². The number of likely N-dealkylation sites (tertiary alicyclic amines) is 1. The van der Waals surface area contributed by atoms with Gasteiger partial charge in [-0.2, -0.15) is 0 Å². The molecule has 20 heavy (non-hydrogen) atoms. The van der Waals surface area contributed by atoms with Crippen LogP contribution in [0.2, 0.25) is 0 Å². The molecule has 1 atom stereocenters. The molecule has 0 amide bonds. The van der Waals surface area contributed by atoms with Gasteiger partial charge in [0.2, 0.25) is 5.12 Å². The van der Waals surface area contributed by atoms with Gasteiger partial charge < -0.3 is 4.90 Å². The van der Waals surface area contributed by atoms with E-state index in [1.54, 1.807) is 0 Å². The Balaban J connectivity index is 0.00000200. The molecule has 2 rings (SSSR count). The minimum Gasteiger partial charge on any atom is -0.301 e. The van der Waals surface area contributed by atoms with E-state index in [1.165, 1.54) is 25.8 Å². The van der Waals surface area contributed by atoms with Crippen LogP contribution in [0.1, 0.15) is 48.5 Å². The van der Waals surface area contributed by atoms with Gasteiger partial charge in [-0.1, -0.05) is 30.7 Å². The Labute approximate surface area is 133 Å². The summed E-state index contributed by atoms with van der Waals surface area (Å²) in [7, 11) is 0. The fraction of sp³-hybridized carbons (Fsp3) is 0.562. The summed E-state index contributed by atoms with van der Waals surface area (Å²) < 4.78 is 0. The van der Waals surface area contributed by atoms with Gasteiger partial charge in [0, 0.05) is 11.6 Å². The van der Waals surface area contributed by atoms with E-state index >= 15 is 0 Å². The molecule has 1 fully saturated rings. The normalized spacial score (nSPS) is 19.4. The minimum atomic E-state index is -0.123. The number of rotatable bonds is 5. The molecule has 112 valence electrons. The monoisotopic (exact) mass is 313 g/mol. The minimum absolute atomic E-state index is 0. The quantitative estimate of drug-likeness (QED) is 0.830. The van der Waals surface area contributed by atoms with Gasteiger partial charge in [0.1, 0.15) is 0 Å². The summed E-state index contributed by atoms with van der Waals surface area (Å²) in [4.78, 5) is 14.0. The second-order valence-corrected chi connectivity index (χ2v) is 5.85. The summed E-state index contributed by atoms with van der Waals surface area (Å²) in [6.45, 7) is 4.69. The molecule has 1 aliphatic rings. The molecule has 2 nitrogen and oxygen atoms in total. The van der Waals surface area contributed by atoms with Crippen molar-refractivity contribution in [1.82, 2.24) is 4.90 Å². The summed E-state index contributed by atoms with van der Waals surface area (Å²) in [5.41, 5.74) is 1.89. The van der Waals surface area contributed by atoms with Gasteiger partial charge >= 0.3 is 0 Å². The number of aryl methyl sites for hydroxylation is 1. The lowest BCUT2D eigenvalue weighted by molar-refractivity contribution is 0.109. The van der Waals surface area contributed by atoms with Crippen molar-refractivity contribution >= 4 is 30.2 Å². The van der Waals surface area contributed by atoms with Crippen LogP contribution in [0.15, 0.2) is 24.3 Å². The molecule has 0 saturated carbocycles. The highest BCUT2D eigenvalue weighted by Crippen LogP contribution is 2.18. The smallest absolute Gasteiger partial charge is 0.216 e. The highest BCUT2D eigenvalue weighted by Gasteiger charge is 2.17. The Bertz CT molecular complexity index is 438. The number of hydrogen-bond acceptors (Lipinski definition) is 2. The molecule has 0 radical (unpaired) electrons. The third kappa shape index (κ3) is 4.80. The molecule has 0 N–H and O–H groups in total. The van der Waals surface area contributed by atoms with Crippen molar-refractivity contribution in [2.75, 3.05) is 13.1 Å². The van der Waals surface area contributed by atoms with Crippen LogP contribution in [-0.2, 0) is 6.42 Å². The number of carbonyl (C=O) groups excluding carboxylic acids is 1. The Kier molecular flexibility index (Phi) is 7.63. The van der Waals surface area contributed by atoms with Crippen molar-refractivity contribution in [1.29, 1.82) is 0 Å². The Hall–Kier alpha value is -0.510. The SMILES string of the molecule is CC1CCCCN1CCCc1ccccc1C(=O)S.Cl. The summed E-state index contributed by atoms with van der Waals surface area (Å²) in [6.07, 6.45) is 6.10. The van der Waals surface area contributed by atoms with E-state index in [0.29, 0.717) is 0 Å². The lowest BCUT2D eigenvalue weighted by atomic mass is 10.0. The number of thiol groups is 1. The third-order valence-corrected chi connectivity index (χ3v) is 4.32. The predicted octanol–water partition coefficient (Wildman–Crippen LogP) is 3.99. The molecular formula is C16H24ClNOS. The number of nitrogens with zero attached hydrogens (tertiary/aromatic N) is 1. The number of piperidine rings is 1. The van der Waals surface area contributed by atoms with E-state index in [2.05, 4.69) is 24.5 Å². The van der Waals surface area contributed by atoms with E-state index in [0.717, 1.165) is 36.6 Å². The number of benzene rings is 1. The van der Waals surface area contributed by atoms with Gasteiger partial charge in [-0.25, -0.2) is 0 Å². The molecule has 4 heteroatoms. The summed E-state index contributed by atoms with van der Waals surface area (Å²) >= 11 is 3.95. The highest BCUT2D eigenvalue weighted by molar-refractivity contribution is 7.97. The van der Waals surface area contributed by atoms with Gasteiger partial charge in [-0.15, -0.1) is 25.0 Å². The highest BCUT2D eigenvalue weighted by atomic mass is 35.5. The van der Waals surface area contributed by atoms with Gasteiger partial charge in [-0.05, 0) is 51.3 Å². The molecule has 0 spiro atoms. The van der Waals surface area contributed by atoms with Crippen LogP contribution >= 0.6 is 25.0 Å². The van der Waals surface area contributed by atoms with E-state index in [1.807, 2.05) is 24.3 Å². The maximum Gasteiger partial charge on any atom is 0.216 e. The largest absolute Gasteiger partial charge is 0.301 e. The zero-order valence-corrected chi connectivity index (χ0v) is 13.8. The molecule has 0 bridgehead atoms. The van der Waals surface area contributed by atoms with Crippen molar-refractivity contribution in [2.45, 2.75) is 45.1 Å². The van der Waals surface area contributed by atoms with Crippen LogP contribution in [0.4, 0.5) is 0 Å². The van der Waals surface area contributed by atoms with Crippen LogP contribution in [0, 0.1) is 0 Å². The third-order valence-electron chi connectivity index (χ3n) is 4.08. The maximum atomic E-state index is 11.4. The van der Waals surface area contributed by atoms with Crippen LogP contribution in [-0.4, -0.2) is 29.1 Å². The second kappa shape index (κ2) is 8.71. The molecule has 0 aliphatic carbocycles. The molecule has 0 aromatic heterocycles. The van der Waals surface area contributed by atoms with Gasteiger partial charge in [0.15, 0.2) is 0 Å². The van der Waals surface area contributed by atoms with Gasteiger partial charge in [0.05, 0.1) is 0 Å². The number of halogens is 1. The first-order valence-electron chi connectivity index (χ1n) is 7.23. The van der Waals surface area contributed by atoms with Crippen LogP contribution in [0.3, 0.4) is 0 Å². The maximum absolute atomic E-state index is 11.4. The first-order chi connectivity index (χ1) is 9.18. The zero-order chi connectivity index (χ0) is 13.7. The first kappa shape index (κ1) is 17.5. The average molecular weight is 314 g/mol. The van der Waals surface area contributed by atoms with E-state index in [9.17, 15) is 4.79 Å². The fourth-order valence-corrected chi connectivity index (χ4v) is 3.13. The molecule has 1 aliphatic heterocycles. The van der Waals surface area contributed by atoms with Crippen molar-refractivity contribution in [3.05, 3.63) is 35.4 Å². The molecule has 1 heterocycles. The first-order valence-corrected chi connectivity index (χ1v) is 7.68. The molecular weight excluding hydrogens is 290 g/mol. The lowest BCUT2D eigenvalue weighted by Gasteiger charge is -2.33. The van der Waals surface area contributed by atoms with Crippen LogP contribution < -0.4 is 0 Å². The summed E-state index contributed by atoms with van der Waals surface area (Å²) in [5, 5.41) is -0.123. The number of hydrogen-bond donors (Lipinski definition) is 1. The number of carbonyl (C=O) groups is 1.